The molecule has 0 aliphatic carbocycles. The Hall–Kier alpha value is -3.35. The highest BCUT2D eigenvalue weighted by atomic mass is 16.5. The molecule has 1 aliphatic rings. The number of benzene rings is 2. The van der Waals surface area contributed by atoms with E-state index in [4.69, 9.17) is 9.47 Å². The molecule has 0 bridgehead atoms. The summed E-state index contributed by atoms with van der Waals surface area (Å²) in [5, 5.41) is 2.74. The van der Waals surface area contributed by atoms with E-state index in [1.807, 2.05) is 6.07 Å². The van der Waals surface area contributed by atoms with Crippen molar-refractivity contribution in [1.29, 1.82) is 0 Å². The summed E-state index contributed by atoms with van der Waals surface area (Å²) >= 11 is 0. The van der Waals surface area contributed by atoms with Crippen LogP contribution in [0, 0.1) is 0 Å². The Kier molecular flexibility index (Phi) is 5.63. The maximum atomic E-state index is 12.5. The first-order valence-electron chi connectivity index (χ1n) is 9.03. The van der Waals surface area contributed by atoms with Gasteiger partial charge in [0, 0.05) is 5.69 Å². The number of anilines is 2. The number of para-hydroxylation sites is 2. The number of nitrogens with one attached hydrogen (secondary N) is 1. The van der Waals surface area contributed by atoms with E-state index in [9.17, 15) is 14.4 Å². The third-order valence-electron chi connectivity index (χ3n) is 4.12. The smallest absolute Gasteiger partial charge is 0.338 e. The number of amides is 2. The van der Waals surface area contributed by atoms with Gasteiger partial charge in [-0.3, -0.25) is 14.5 Å². The summed E-state index contributed by atoms with van der Waals surface area (Å²) in [5.74, 6) is -0.483. The largest absolute Gasteiger partial charge is 0.479 e. The number of esters is 1. The van der Waals surface area contributed by atoms with E-state index < -0.39 is 12.1 Å². The predicted octanol–water partition coefficient (Wildman–Crippen LogP) is 3.00. The molecular weight excluding hydrogens is 360 g/mol. The van der Waals surface area contributed by atoms with Crippen molar-refractivity contribution in [1.82, 2.24) is 0 Å². The van der Waals surface area contributed by atoms with Gasteiger partial charge >= 0.3 is 5.97 Å². The lowest BCUT2D eigenvalue weighted by Gasteiger charge is -2.32. The molecule has 28 heavy (non-hydrogen) atoms. The minimum atomic E-state index is -0.658. The van der Waals surface area contributed by atoms with Gasteiger partial charge < -0.3 is 14.8 Å². The number of nitrogens with zero attached hydrogens (tertiary/aromatic N) is 1. The molecule has 146 valence electrons. The number of hydrogen-bond donors (Lipinski definition) is 1. The molecule has 1 unspecified atom stereocenters. The maximum absolute atomic E-state index is 12.5. The van der Waals surface area contributed by atoms with Crippen LogP contribution in [0.1, 0.15) is 31.1 Å². The predicted molar refractivity (Wildman–Crippen MR) is 105 cm³/mol. The number of ether oxygens (including phenoxy) is 2. The highest BCUT2D eigenvalue weighted by Crippen LogP contribution is 2.33. The molecule has 2 amide bonds. The first kappa shape index (κ1) is 19.4. The zero-order chi connectivity index (χ0) is 20.3. The van der Waals surface area contributed by atoms with Crippen LogP contribution < -0.4 is 15.0 Å². The summed E-state index contributed by atoms with van der Waals surface area (Å²) in [4.78, 5) is 38.2. The van der Waals surface area contributed by atoms with Crippen LogP contribution in [0.25, 0.3) is 0 Å². The summed E-state index contributed by atoms with van der Waals surface area (Å²) in [5.41, 5.74) is 1.48. The van der Waals surface area contributed by atoms with Gasteiger partial charge in [-0.25, -0.2) is 4.79 Å². The molecule has 1 aliphatic heterocycles. The molecule has 7 nitrogen and oxygen atoms in total. The molecule has 0 saturated carbocycles. The summed E-state index contributed by atoms with van der Waals surface area (Å²) in [6.07, 6.45) is -0.864. The first-order chi connectivity index (χ1) is 13.3. The van der Waals surface area contributed by atoms with Crippen molar-refractivity contribution < 1.29 is 23.9 Å². The van der Waals surface area contributed by atoms with Gasteiger partial charge in [-0.05, 0) is 57.2 Å². The monoisotopic (exact) mass is 382 g/mol. The van der Waals surface area contributed by atoms with Crippen LogP contribution in [0.2, 0.25) is 0 Å². The lowest BCUT2D eigenvalue weighted by atomic mass is 10.2. The number of hydrogen-bond acceptors (Lipinski definition) is 5. The molecule has 2 aromatic rings. The van der Waals surface area contributed by atoms with E-state index in [-0.39, 0.29) is 24.5 Å². The quantitative estimate of drug-likeness (QED) is 0.804. The van der Waals surface area contributed by atoms with Gasteiger partial charge in [0.05, 0.1) is 17.4 Å². The molecule has 1 heterocycles. The van der Waals surface area contributed by atoms with Crippen molar-refractivity contribution in [2.45, 2.75) is 33.0 Å². The van der Waals surface area contributed by atoms with Crippen molar-refractivity contribution in [3.63, 3.8) is 0 Å². The fourth-order valence-electron chi connectivity index (χ4n) is 2.84. The fraction of sp³-hybridized carbons (Fsp3) is 0.286. The molecule has 3 rings (SSSR count). The molecule has 0 spiro atoms. The SMILES string of the molecule is CC(C)OC(=O)c1ccc(NC(=O)CN2C(=O)C(C)Oc3ccccc32)cc1. The molecule has 1 atom stereocenters. The van der Waals surface area contributed by atoms with Gasteiger partial charge in [0.15, 0.2) is 6.10 Å². The highest BCUT2D eigenvalue weighted by molar-refractivity contribution is 6.06. The molecule has 0 aromatic heterocycles. The average molecular weight is 382 g/mol. The Labute approximate surface area is 163 Å². The molecule has 2 aromatic carbocycles. The van der Waals surface area contributed by atoms with Crippen molar-refractivity contribution in [3.05, 3.63) is 54.1 Å². The average Bonchev–Trinajstić information content (AvgIpc) is 2.65. The molecular formula is C21H22N2O5. The maximum Gasteiger partial charge on any atom is 0.338 e. The fourth-order valence-corrected chi connectivity index (χ4v) is 2.84. The minimum absolute atomic E-state index is 0.138. The molecule has 0 saturated heterocycles. The van der Waals surface area contributed by atoms with Crippen molar-refractivity contribution >= 4 is 29.2 Å². The number of rotatable bonds is 5. The van der Waals surface area contributed by atoms with Crippen LogP contribution in [0.5, 0.6) is 5.75 Å². The first-order valence-corrected chi connectivity index (χ1v) is 9.03. The van der Waals surface area contributed by atoms with Crippen LogP contribution in [0.3, 0.4) is 0 Å². The molecule has 0 radical (unpaired) electrons. The normalized spacial score (nSPS) is 15.6. The highest BCUT2D eigenvalue weighted by Gasteiger charge is 2.32. The Balaban J connectivity index is 1.67. The van der Waals surface area contributed by atoms with E-state index in [0.29, 0.717) is 22.7 Å². The van der Waals surface area contributed by atoms with E-state index >= 15 is 0 Å². The van der Waals surface area contributed by atoms with Gasteiger partial charge in [-0.2, -0.15) is 0 Å². The lowest BCUT2D eigenvalue weighted by molar-refractivity contribution is -0.127. The van der Waals surface area contributed by atoms with E-state index in [2.05, 4.69) is 5.32 Å². The summed E-state index contributed by atoms with van der Waals surface area (Å²) in [6, 6.07) is 13.5. The van der Waals surface area contributed by atoms with Gasteiger partial charge in [-0.1, -0.05) is 12.1 Å². The van der Waals surface area contributed by atoms with E-state index in [0.717, 1.165) is 0 Å². The molecule has 1 N–H and O–H groups in total. The Morgan fingerprint density at radius 1 is 1.14 bits per heavy atom. The number of carbonyl (C=O) groups excluding carboxylic acids is 3. The third-order valence-corrected chi connectivity index (χ3v) is 4.12. The second-order valence-electron chi connectivity index (χ2n) is 6.73. The van der Waals surface area contributed by atoms with Gasteiger partial charge in [0.1, 0.15) is 12.3 Å². The third kappa shape index (κ3) is 4.31. The van der Waals surface area contributed by atoms with E-state index in [1.165, 1.54) is 4.90 Å². The second kappa shape index (κ2) is 8.12. The number of carbonyl (C=O) groups is 3. The van der Waals surface area contributed by atoms with Crippen LogP contribution in [0.4, 0.5) is 11.4 Å². The number of fused-ring (bicyclic) bond motifs is 1. The van der Waals surface area contributed by atoms with Gasteiger partial charge in [0.25, 0.3) is 5.91 Å². The molecule has 7 heteroatoms. The summed E-state index contributed by atoms with van der Waals surface area (Å²) < 4.78 is 10.7. The van der Waals surface area contributed by atoms with E-state index in [1.54, 1.807) is 63.2 Å². The zero-order valence-corrected chi connectivity index (χ0v) is 16.0. The van der Waals surface area contributed by atoms with Gasteiger partial charge in [0.2, 0.25) is 5.91 Å². The Bertz CT molecular complexity index is 892. The van der Waals surface area contributed by atoms with Crippen molar-refractivity contribution in [2.75, 3.05) is 16.8 Å². The summed E-state index contributed by atoms with van der Waals surface area (Å²) in [7, 11) is 0. The van der Waals surface area contributed by atoms with Crippen LogP contribution in [-0.4, -0.2) is 36.5 Å². The van der Waals surface area contributed by atoms with Crippen molar-refractivity contribution in [2.24, 2.45) is 0 Å². The lowest BCUT2D eigenvalue weighted by Crippen LogP contribution is -2.47. The van der Waals surface area contributed by atoms with Crippen LogP contribution in [0.15, 0.2) is 48.5 Å². The van der Waals surface area contributed by atoms with Gasteiger partial charge in [-0.15, -0.1) is 0 Å². The standard InChI is InChI=1S/C21H22N2O5/c1-13(2)27-21(26)15-8-10-16(11-9-15)22-19(24)12-23-17-6-4-5-7-18(17)28-14(3)20(23)25/h4-11,13-14H,12H2,1-3H3,(H,22,24). The summed E-state index contributed by atoms with van der Waals surface area (Å²) in [6.45, 7) is 5.07. The Morgan fingerprint density at radius 3 is 2.50 bits per heavy atom. The second-order valence-corrected chi connectivity index (χ2v) is 6.73. The zero-order valence-electron chi connectivity index (χ0n) is 16.0. The van der Waals surface area contributed by atoms with Crippen LogP contribution >= 0.6 is 0 Å². The van der Waals surface area contributed by atoms with Crippen molar-refractivity contribution in [3.8, 4) is 5.75 Å². The van der Waals surface area contributed by atoms with Crippen LogP contribution in [-0.2, 0) is 14.3 Å². The minimum Gasteiger partial charge on any atom is -0.479 e. The Morgan fingerprint density at radius 2 is 1.82 bits per heavy atom. The molecule has 0 fully saturated rings. The topological polar surface area (TPSA) is 84.9 Å².